The van der Waals surface area contributed by atoms with E-state index in [0.717, 1.165) is 23.4 Å². The first-order valence-corrected chi connectivity index (χ1v) is 8.64. The Morgan fingerprint density at radius 1 is 1.32 bits per heavy atom. The van der Waals surface area contributed by atoms with Gasteiger partial charge in [0.25, 0.3) is 5.91 Å². The Labute approximate surface area is 148 Å². The van der Waals surface area contributed by atoms with E-state index in [4.69, 9.17) is 0 Å². The van der Waals surface area contributed by atoms with Crippen molar-refractivity contribution in [3.8, 4) is 0 Å². The zero-order valence-corrected chi connectivity index (χ0v) is 15.5. The van der Waals surface area contributed by atoms with Gasteiger partial charge in [0.1, 0.15) is 5.69 Å². The van der Waals surface area contributed by atoms with Crippen LogP contribution < -0.4 is 0 Å². The third kappa shape index (κ3) is 3.11. The molecule has 1 unspecified atom stereocenters. The van der Waals surface area contributed by atoms with Gasteiger partial charge in [-0.2, -0.15) is 0 Å². The number of Topliss-reactive ketones (excluding diaryl/α,β-unsaturated/α-hetero) is 1. The maximum Gasteiger partial charge on any atom is 0.270 e. The van der Waals surface area contributed by atoms with Crippen LogP contribution in [0.25, 0.3) is 0 Å². The molecule has 1 atom stereocenters. The molecule has 2 aromatic rings. The molecular formula is C20H25N3O2. The molecule has 132 valence electrons. The lowest BCUT2D eigenvalue weighted by Gasteiger charge is -2.28. The van der Waals surface area contributed by atoms with Crippen molar-refractivity contribution in [3.05, 3.63) is 52.6 Å². The Morgan fingerprint density at radius 3 is 2.68 bits per heavy atom. The van der Waals surface area contributed by atoms with Crippen LogP contribution in [0.1, 0.15) is 71.0 Å². The lowest BCUT2D eigenvalue weighted by Crippen LogP contribution is -2.30. The summed E-state index contributed by atoms with van der Waals surface area (Å²) in [4.78, 5) is 34.8. The van der Waals surface area contributed by atoms with E-state index >= 15 is 0 Å². The second kappa shape index (κ2) is 6.14. The number of carbonyl (C=O) groups excluding carboxylic acids is 2. The van der Waals surface area contributed by atoms with Crippen LogP contribution in [-0.2, 0) is 6.42 Å². The van der Waals surface area contributed by atoms with Crippen LogP contribution in [0.15, 0.2) is 24.4 Å². The zero-order valence-electron chi connectivity index (χ0n) is 15.5. The highest BCUT2D eigenvalue weighted by Gasteiger charge is 2.36. The molecule has 0 radical (unpaired) electrons. The third-order valence-corrected chi connectivity index (χ3v) is 5.13. The Kier molecular flexibility index (Phi) is 4.27. The van der Waals surface area contributed by atoms with Crippen molar-refractivity contribution in [3.63, 3.8) is 0 Å². The minimum Gasteiger partial charge on any atom is -0.354 e. The molecule has 1 aliphatic rings. The first kappa shape index (κ1) is 17.4. The summed E-state index contributed by atoms with van der Waals surface area (Å²) < 4.78 is 0. The molecule has 25 heavy (non-hydrogen) atoms. The summed E-state index contributed by atoms with van der Waals surface area (Å²) in [5.74, 6) is 0.00939. The van der Waals surface area contributed by atoms with E-state index in [0.29, 0.717) is 17.7 Å². The summed E-state index contributed by atoms with van der Waals surface area (Å²) in [6, 6.07) is 5.53. The van der Waals surface area contributed by atoms with Crippen LogP contribution in [0.3, 0.4) is 0 Å². The fourth-order valence-corrected chi connectivity index (χ4v) is 3.62. The number of aromatic amines is 1. The summed E-state index contributed by atoms with van der Waals surface area (Å²) in [5.41, 5.74) is 3.64. The maximum absolute atomic E-state index is 13.0. The number of amides is 1. The normalized spacial score (nSPS) is 17.1. The van der Waals surface area contributed by atoms with Gasteiger partial charge in [-0.25, -0.2) is 0 Å². The SMILES string of the molecule is Cc1c(C(=O)N(C)C(C)c2ccccn2)[nH]c2c1C(=O)CC(C)(C)C2. The molecule has 1 aliphatic carbocycles. The predicted octanol–water partition coefficient (Wildman–Crippen LogP) is 3.71. The lowest BCUT2D eigenvalue weighted by molar-refractivity contribution is 0.0733. The number of nitrogens with one attached hydrogen (secondary N) is 1. The van der Waals surface area contributed by atoms with E-state index in [1.165, 1.54) is 0 Å². The summed E-state index contributed by atoms with van der Waals surface area (Å²) in [5, 5.41) is 0. The van der Waals surface area contributed by atoms with Crippen LogP contribution >= 0.6 is 0 Å². The van der Waals surface area contributed by atoms with Crippen molar-refractivity contribution in [2.24, 2.45) is 5.41 Å². The van der Waals surface area contributed by atoms with E-state index in [2.05, 4.69) is 23.8 Å². The smallest absolute Gasteiger partial charge is 0.270 e. The van der Waals surface area contributed by atoms with Gasteiger partial charge in [-0.05, 0) is 43.4 Å². The van der Waals surface area contributed by atoms with Gasteiger partial charge < -0.3 is 9.88 Å². The largest absolute Gasteiger partial charge is 0.354 e. The standard InChI is InChI=1S/C20H25N3O2/c1-12-17-15(10-20(3,4)11-16(17)24)22-18(12)19(25)23(5)13(2)14-8-6-7-9-21-14/h6-9,13,22H,10-11H2,1-5H3. The van der Waals surface area contributed by atoms with Crippen molar-refractivity contribution in [1.29, 1.82) is 0 Å². The number of H-pyrrole nitrogens is 1. The molecular weight excluding hydrogens is 314 g/mol. The number of fused-ring (bicyclic) bond motifs is 1. The van der Waals surface area contributed by atoms with Crippen molar-refractivity contribution in [1.82, 2.24) is 14.9 Å². The molecule has 3 rings (SSSR count). The van der Waals surface area contributed by atoms with Crippen LogP contribution in [0.2, 0.25) is 0 Å². The van der Waals surface area contributed by atoms with E-state index in [1.54, 1.807) is 18.1 Å². The Hall–Kier alpha value is -2.43. The second-order valence-corrected chi connectivity index (χ2v) is 7.77. The molecule has 0 fully saturated rings. The second-order valence-electron chi connectivity index (χ2n) is 7.77. The highest BCUT2D eigenvalue weighted by Crippen LogP contribution is 2.37. The lowest BCUT2D eigenvalue weighted by atomic mass is 9.75. The number of ketones is 1. The van der Waals surface area contributed by atoms with E-state index < -0.39 is 0 Å². The number of hydrogen-bond acceptors (Lipinski definition) is 3. The molecule has 2 heterocycles. The van der Waals surface area contributed by atoms with Gasteiger partial charge in [0.05, 0.1) is 11.7 Å². The first-order valence-electron chi connectivity index (χ1n) is 8.64. The Bertz CT molecular complexity index is 821. The number of rotatable bonds is 3. The summed E-state index contributed by atoms with van der Waals surface area (Å²) >= 11 is 0. The molecule has 5 heteroatoms. The van der Waals surface area contributed by atoms with Crippen LogP contribution in [0.4, 0.5) is 0 Å². The topological polar surface area (TPSA) is 66.1 Å². The summed E-state index contributed by atoms with van der Waals surface area (Å²) in [7, 11) is 1.77. The van der Waals surface area contributed by atoms with Crippen molar-refractivity contribution in [2.45, 2.75) is 46.6 Å². The molecule has 5 nitrogen and oxygen atoms in total. The van der Waals surface area contributed by atoms with Crippen LogP contribution in [0, 0.1) is 12.3 Å². The van der Waals surface area contributed by atoms with Crippen molar-refractivity contribution in [2.75, 3.05) is 7.05 Å². The van der Waals surface area contributed by atoms with Crippen LogP contribution in [-0.4, -0.2) is 33.6 Å². The Morgan fingerprint density at radius 2 is 2.04 bits per heavy atom. The van der Waals surface area contributed by atoms with E-state index in [1.807, 2.05) is 32.0 Å². The fourth-order valence-electron chi connectivity index (χ4n) is 3.62. The first-order chi connectivity index (χ1) is 11.7. The summed E-state index contributed by atoms with van der Waals surface area (Å²) in [6.07, 6.45) is 3.03. The molecule has 0 bridgehead atoms. The average Bonchev–Trinajstić information content (AvgIpc) is 2.88. The molecule has 0 aliphatic heterocycles. The van der Waals surface area contributed by atoms with Gasteiger partial charge in [-0.3, -0.25) is 14.6 Å². The summed E-state index contributed by atoms with van der Waals surface area (Å²) in [6.45, 7) is 7.98. The van der Waals surface area contributed by atoms with E-state index in [9.17, 15) is 9.59 Å². The maximum atomic E-state index is 13.0. The number of pyridine rings is 1. The van der Waals surface area contributed by atoms with Gasteiger partial charge in [-0.1, -0.05) is 19.9 Å². The number of aromatic nitrogens is 2. The molecule has 0 spiro atoms. The van der Waals surface area contributed by atoms with Crippen molar-refractivity contribution < 1.29 is 9.59 Å². The number of hydrogen-bond donors (Lipinski definition) is 1. The predicted molar refractivity (Wildman–Crippen MR) is 96.7 cm³/mol. The minimum absolute atomic E-state index is 0.0746. The average molecular weight is 339 g/mol. The van der Waals surface area contributed by atoms with Gasteiger partial charge in [-0.15, -0.1) is 0 Å². The van der Waals surface area contributed by atoms with Crippen molar-refractivity contribution >= 4 is 11.7 Å². The zero-order chi connectivity index (χ0) is 18.4. The molecule has 1 amide bonds. The highest BCUT2D eigenvalue weighted by molar-refractivity contribution is 6.04. The van der Waals surface area contributed by atoms with Gasteiger partial charge in [0.15, 0.2) is 5.78 Å². The van der Waals surface area contributed by atoms with Gasteiger partial charge >= 0.3 is 0 Å². The quantitative estimate of drug-likeness (QED) is 0.927. The number of nitrogens with zero attached hydrogens (tertiary/aromatic N) is 2. The van der Waals surface area contributed by atoms with E-state index in [-0.39, 0.29) is 23.1 Å². The third-order valence-electron chi connectivity index (χ3n) is 5.13. The van der Waals surface area contributed by atoms with Crippen LogP contribution in [0.5, 0.6) is 0 Å². The Balaban J connectivity index is 1.92. The molecule has 0 aromatic carbocycles. The molecule has 1 N–H and O–H groups in total. The van der Waals surface area contributed by atoms with Gasteiger partial charge in [0, 0.05) is 30.9 Å². The van der Waals surface area contributed by atoms with Gasteiger partial charge in [0.2, 0.25) is 0 Å². The molecule has 0 saturated heterocycles. The molecule has 2 aromatic heterocycles. The number of carbonyl (C=O) groups is 2. The fraction of sp³-hybridized carbons (Fsp3) is 0.450. The monoisotopic (exact) mass is 339 g/mol. The minimum atomic E-state index is -0.152. The molecule has 0 saturated carbocycles. The highest BCUT2D eigenvalue weighted by atomic mass is 16.2.